The standard InChI is InChI=1S/C19H21N3O5/c1-2-22(19(26)14(12-18(24)25)11-17(23)21-27)15-8-6-13(7-9-15)16-5-3-4-10-20-16/h3-10,14,27H,2,11-12H2,1H3,(H,21,23)(H,24,25). The minimum Gasteiger partial charge on any atom is -0.481 e. The lowest BCUT2D eigenvalue weighted by Gasteiger charge is -2.25. The molecule has 0 aliphatic heterocycles. The lowest BCUT2D eigenvalue weighted by Crippen LogP contribution is -2.39. The number of aromatic nitrogens is 1. The van der Waals surface area contributed by atoms with Gasteiger partial charge in [-0.1, -0.05) is 18.2 Å². The Balaban J connectivity index is 2.23. The maximum absolute atomic E-state index is 12.8. The number of rotatable bonds is 8. The van der Waals surface area contributed by atoms with Crippen LogP contribution in [0.3, 0.4) is 0 Å². The summed E-state index contributed by atoms with van der Waals surface area (Å²) in [5, 5.41) is 17.7. The second-order valence-electron chi connectivity index (χ2n) is 5.88. The molecule has 2 amide bonds. The van der Waals surface area contributed by atoms with E-state index in [4.69, 9.17) is 10.3 Å². The van der Waals surface area contributed by atoms with Crippen LogP contribution in [0, 0.1) is 5.92 Å². The Hall–Kier alpha value is -3.26. The van der Waals surface area contributed by atoms with Gasteiger partial charge < -0.3 is 10.0 Å². The van der Waals surface area contributed by atoms with Crippen molar-refractivity contribution in [2.24, 2.45) is 5.92 Å². The number of nitrogens with one attached hydrogen (secondary N) is 1. The second-order valence-corrected chi connectivity index (χ2v) is 5.88. The number of hydroxylamine groups is 1. The van der Waals surface area contributed by atoms with Gasteiger partial charge >= 0.3 is 5.97 Å². The van der Waals surface area contributed by atoms with Crippen LogP contribution in [0.4, 0.5) is 5.69 Å². The average Bonchev–Trinajstić information content (AvgIpc) is 2.68. The van der Waals surface area contributed by atoms with Crippen molar-refractivity contribution >= 4 is 23.5 Å². The molecule has 0 bridgehead atoms. The number of carbonyl (C=O) groups excluding carboxylic acids is 2. The monoisotopic (exact) mass is 371 g/mol. The molecule has 0 saturated heterocycles. The van der Waals surface area contributed by atoms with Crippen LogP contribution >= 0.6 is 0 Å². The quantitative estimate of drug-likeness (QED) is 0.483. The Morgan fingerprint density at radius 1 is 1.11 bits per heavy atom. The zero-order chi connectivity index (χ0) is 19.8. The van der Waals surface area contributed by atoms with Gasteiger partial charge in [-0.05, 0) is 31.2 Å². The Morgan fingerprint density at radius 3 is 2.33 bits per heavy atom. The third-order valence-corrected chi connectivity index (χ3v) is 4.05. The number of nitrogens with zero attached hydrogens (tertiary/aromatic N) is 2. The summed E-state index contributed by atoms with van der Waals surface area (Å²) in [6.45, 7) is 2.06. The van der Waals surface area contributed by atoms with E-state index in [-0.39, 0.29) is 0 Å². The molecule has 1 unspecified atom stereocenters. The molecule has 2 aromatic rings. The van der Waals surface area contributed by atoms with Crippen LogP contribution < -0.4 is 10.4 Å². The fraction of sp³-hybridized carbons (Fsp3) is 0.263. The lowest BCUT2D eigenvalue weighted by molar-refractivity contribution is -0.142. The van der Waals surface area contributed by atoms with Crippen LogP contribution in [0.2, 0.25) is 0 Å². The first-order valence-electron chi connectivity index (χ1n) is 8.43. The summed E-state index contributed by atoms with van der Waals surface area (Å²) in [5.41, 5.74) is 3.69. The summed E-state index contributed by atoms with van der Waals surface area (Å²) in [6.07, 6.45) is 0.771. The second kappa shape index (κ2) is 9.44. The molecule has 0 aliphatic rings. The van der Waals surface area contributed by atoms with Crippen molar-refractivity contribution in [3.8, 4) is 11.3 Å². The number of aliphatic carboxylic acids is 1. The first-order chi connectivity index (χ1) is 13.0. The number of amides is 2. The first-order valence-corrected chi connectivity index (χ1v) is 8.43. The minimum absolute atomic E-state index is 0.304. The maximum atomic E-state index is 12.8. The van der Waals surface area contributed by atoms with E-state index < -0.39 is 36.5 Å². The van der Waals surface area contributed by atoms with Crippen molar-refractivity contribution in [3.63, 3.8) is 0 Å². The van der Waals surface area contributed by atoms with Crippen molar-refractivity contribution < 1.29 is 24.7 Å². The minimum atomic E-state index is -1.19. The van der Waals surface area contributed by atoms with Crippen LogP contribution in [-0.4, -0.2) is 39.6 Å². The molecular weight excluding hydrogens is 350 g/mol. The SMILES string of the molecule is CCN(C(=O)C(CC(=O)O)CC(=O)NO)c1ccc(-c2ccccn2)cc1. The summed E-state index contributed by atoms with van der Waals surface area (Å²) < 4.78 is 0. The molecule has 8 nitrogen and oxygen atoms in total. The van der Waals surface area contributed by atoms with Gasteiger partial charge in [-0.15, -0.1) is 0 Å². The fourth-order valence-corrected chi connectivity index (χ4v) is 2.76. The molecular formula is C19H21N3O5. The highest BCUT2D eigenvalue weighted by molar-refractivity contribution is 5.98. The molecule has 1 aromatic heterocycles. The third kappa shape index (κ3) is 5.35. The highest BCUT2D eigenvalue weighted by atomic mass is 16.5. The number of benzene rings is 1. The Kier molecular flexibility index (Phi) is 7.01. The summed E-state index contributed by atoms with van der Waals surface area (Å²) in [4.78, 5) is 41.0. The molecule has 0 aliphatic carbocycles. The molecule has 1 atom stereocenters. The smallest absolute Gasteiger partial charge is 0.304 e. The zero-order valence-electron chi connectivity index (χ0n) is 14.8. The highest BCUT2D eigenvalue weighted by Gasteiger charge is 2.29. The normalized spacial score (nSPS) is 11.5. The molecule has 2 rings (SSSR count). The summed E-state index contributed by atoms with van der Waals surface area (Å²) in [7, 11) is 0. The summed E-state index contributed by atoms with van der Waals surface area (Å²) >= 11 is 0. The van der Waals surface area contributed by atoms with Gasteiger partial charge in [0.2, 0.25) is 11.8 Å². The van der Waals surface area contributed by atoms with E-state index in [1.165, 1.54) is 10.4 Å². The molecule has 0 spiro atoms. The number of carboxylic acids is 1. The predicted molar refractivity (Wildman–Crippen MR) is 98.0 cm³/mol. The number of pyridine rings is 1. The van der Waals surface area contributed by atoms with E-state index in [1.54, 1.807) is 25.3 Å². The molecule has 3 N–H and O–H groups in total. The van der Waals surface area contributed by atoms with E-state index in [0.717, 1.165) is 11.3 Å². The fourth-order valence-electron chi connectivity index (χ4n) is 2.76. The molecule has 0 fully saturated rings. The van der Waals surface area contributed by atoms with Gasteiger partial charge in [0.15, 0.2) is 0 Å². The maximum Gasteiger partial charge on any atom is 0.304 e. The number of carboxylic acid groups (broad SMARTS) is 1. The number of anilines is 1. The van der Waals surface area contributed by atoms with Gasteiger partial charge in [0, 0.05) is 30.4 Å². The van der Waals surface area contributed by atoms with Gasteiger partial charge in [0.05, 0.1) is 18.0 Å². The Bertz CT molecular complexity index is 793. The van der Waals surface area contributed by atoms with E-state index in [9.17, 15) is 14.4 Å². The van der Waals surface area contributed by atoms with Crippen molar-refractivity contribution in [1.29, 1.82) is 0 Å². The third-order valence-electron chi connectivity index (χ3n) is 4.05. The molecule has 8 heteroatoms. The largest absolute Gasteiger partial charge is 0.481 e. The number of carbonyl (C=O) groups is 3. The van der Waals surface area contributed by atoms with Gasteiger partial charge in [-0.3, -0.25) is 24.6 Å². The van der Waals surface area contributed by atoms with Crippen molar-refractivity contribution in [2.75, 3.05) is 11.4 Å². The Morgan fingerprint density at radius 2 is 1.81 bits per heavy atom. The number of hydrogen-bond donors (Lipinski definition) is 3. The summed E-state index contributed by atoms with van der Waals surface area (Å²) in [5.74, 6) is -3.57. The highest BCUT2D eigenvalue weighted by Crippen LogP contribution is 2.24. The van der Waals surface area contributed by atoms with Crippen molar-refractivity contribution in [1.82, 2.24) is 10.5 Å². The molecule has 142 valence electrons. The van der Waals surface area contributed by atoms with Gasteiger partial charge in [-0.25, -0.2) is 5.48 Å². The Labute approximate surface area is 156 Å². The lowest BCUT2D eigenvalue weighted by atomic mass is 9.98. The van der Waals surface area contributed by atoms with E-state index in [0.29, 0.717) is 12.2 Å². The van der Waals surface area contributed by atoms with Crippen molar-refractivity contribution in [3.05, 3.63) is 48.7 Å². The molecule has 27 heavy (non-hydrogen) atoms. The van der Waals surface area contributed by atoms with Gasteiger partial charge in [-0.2, -0.15) is 0 Å². The van der Waals surface area contributed by atoms with Crippen molar-refractivity contribution in [2.45, 2.75) is 19.8 Å². The average molecular weight is 371 g/mol. The molecule has 0 radical (unpaired) electrons. The van der Waals surface area contributed by atoms with Crippen LogP contribution in [-0.2, 0) is 14.4 Å². The predicted octanol–water partition coefficient (Wildman–Crippen LogP) is 2.09. The van der Waals surface area contributed by atoms with Crippen LogP contribution in [0.1, 0.15) is 19.8 Å². The van der Waals surface area contributed by atoms with Gasteiger partial charge in [0.25, 0.3) is 0 Å². The number of hydrogen-bond acceptors (Lipinski definition) is 5. The molecule has 1 heterocycles. The summed E-state index contributed by atoms with van der Waals surface area (Å²) in [6, 6.07) is 12.7. The zero-order valence-corrected chi connectivity index (χ0v) is 14.8. The van der Waals surface area contributed by atoms with Crippen LogP contribution in [0.15, 0.2) is 48.7 Å². The topological polar surface area (TPSA) is 120 Å². The van der Waals surface area contributed by atoms with Gasteiger partial charge in [0.1, 0.15) is 0 Å². The molecule has 0 saturated carbocycles. The van der Waals surface area contributed by atoms with E-state index >= 15 is 0 Å². The van der Waals surface area contributed by atoms with Crippen LogP contribution in [0.5, 0.6) is 0 Å². The first kappa shape index (κ1) is 20.1. The van der Waals surface area contributed by atoms with Crippen LogP contribution in [0.25, 0.3) is 11.3 Å². The molecule has 1 aromatic carbocycles. The van der Waals surface area contributed by atoms with E-state index in [1.807, 2.05) is 30.3 Å². The van der Waals surface area contributed by atoms with E-state index in [2.05, 4.69) is 4.98 Å².